The van der Waals surface area contributed by atoms with Gasteiger partial charge >= 0.3 is 0 Å². The minimum Gasteiger partial charge on any atom is -0.351 e. The van der Waals surface area contributed by atoms with Crippen LogP contribution in [-0.4, -0.2) is 47.0 Å². The third-order valence-electron chi connectivity index (χ3n) is 5.92. The number of likely N-dealkylation sites (tertiary alicyclic amines) is 1. The zero-order valence-corrected chi connectivity index (χ0v) is 18.6. The van der Waals surface area contributed by atoms with Gasteiger partial charge < -0.3 is 15.2 Å². The number of hydrogen-bond acceptors (Lipinski definition) is 4. The van der Waals surface area contributed by atoms with Crippen molar-refractivity contribution in [3.05, 3.63) is 64.7 Å². The second-order valence-electron chi connectivity index (χ2n) is 8.21. The highest BCUT2D eigenvalue weighted by Gasteiger charge is 2.13. The van der Waals surface area contributed by atoms with Crippen molar-refractivity contribution in [1.82, 2.24) is 20.2 Å². The van der Waals surface area contributed by atoms with Crippen molar-refractivity contribution in [3.8, 4) is 22.4 Å². The summed E-state index contributed by atoms with van der Waals surface area (Å²) in [4.78, 5) is 23.5. The molecule has 1 saturated heterocycles. The number of benzene rings is 1. The normalized spacial score (nSPS) is 14.3. The summed E-state index contributed by atoms with van der Waals surface area (Å²) in [5.41, 5.74) is 4.52. The molecule has 1 aliphatic rings. The van der Waals surface area contributed by atoms with Gasteiger partial charge in [0, 0.05) is 29.4 Å². The monoisotopic (exact) mass is 448 g/mol. The molecule has 5 nitrogen and oxygen atoms in total. The maximum Gasteiger partial charge on any atom is 0.261 e. The summed E-state index contributed by atoms with van der Waals surface area (Å²) in [7, 11) is 0. The molecule has 1 amide bonds. The number of nitrogens with one attached hydrogen (secondary N) is 2. The van der Waals surface area contributed by atoms with Crippen LogP contribution in [0.4, 0.5) is 4.39 Å². The summed E-state index contributed by atoms with van der Waals surface area (Å²) in [6.07, 6.45) is 5.38. The molecule has 4 aromatic rings. The standard InChI is InChI=1S/C25H25FN4OS/c26-21-6-4-17(5-7-21)22-13-18-12-19(15-28-24(18)29-22)20-14-23(32-16-20)25(31)27-8-3-11-30-9-1-2-10-30/h4-7,12-16H,1-3,8-11H2,(H,27,31)(H,28,29). The van der Waals surface area contributed by atoms with Gasteiger partial charge in [-0.05, 0) is 97.9 Å². The van der Waals surface area contributed by atoms with E-state index in [1.54, 1.807) is 12.1 Å². The topological polar surface area (TPSA) is 61.0 Å². The average Bonchev–Trinajstić information content (AvgIpc) is 3.57. The van der Waals surface area contributed by atoms with Gasteiger partial charge in [0.2, 0.25) is 0 Å². The Balaban J connectivity index is 1.25. The van der Waals surface area contributed by atoms with E-state index < -0.39 is 0 Å². The summed E-state index contributed by atoms with van der Waals surface area (Å²) >= 11 is 1.45. The van der Waals surface area contributed by atoms with Gasteiger partial charge in [-0.1, -0.05) is 0 Å². The fourth-order valence-electron chi connectivity index (χ4n) is 4.16. The summed E-state index contributed by atoms with van der Waals surface area (Å²) in [5.74, 6) is -0.272. The number of carbonyl (C=O) groups is 1. The van der Waals surface area contributed by atoms with Crippen LogP contribution in [0.3, 0.4) is 0 Å². The van der Waals surface area contributed by atoms with Crippen molar-refractivity contribution in [2.45, 2.75) is 19.3 Å². The molecule has 1 aromatic carbocycles. The lowest BCUT2D eigenvalue weighted by Crippen LogP contribution is -2.28. The van der Waals surface area contributed by atoms with Crippen LogP contribution >= 0.6 is 11.3 Å². The fraction of sp³-hybridized carbons (Fsp3) is 0.280. The van der Waals surface area contributed by atoms with E-state index in [1.807, 2.05) is 23.7 Å². The second-order valence-corrected chi connectivity index (χ2v) is 9.12. The number of pyridine rings is 1. The molecule has 0 radical (unpaired) electrons. The van der Waals surface area contributed by atoms with Crippen LogP contribution < -0.4 is 5.32 Å². The molecule has 3 aromatic heterocycles. The number of amides is 1. The van der Waals surface area contributed by atoms with Gasteiger partial charge in [0.05, 0.1) is 4.88 Å². The first-order valence-corrected chi connectivity index (χ1v) is 11.9. The lowest BCUT2D eigenvalue weighted by molar-refractivity contribution is 0.0956. The highest BCUT2D eigenvalue weighted by molar-refractivity contribution is 7.12. The number of fused-ring (bicyclic) bond motifs is 1. The molecule has 4 heterocycles. The number of nitrogens with zero attached hydrogens (tertiary/aromatic N) is 2. The minimum absolute atomic E-state index is 0.0167. The van der Waals surface area contributed by atoms with Crippen molar-refractivity contribution in [1.29, 1.82) is 0 Å². The smallest absolute Gasteiger partial charge is 0.261 e. The molecular weight excluding hydrogens is 423 g/mol. The molecule has 1 aliphatic heterocycles. The van der Waals surface area contributed by atoms with Crippen molar-refractivity contribution in [3.63, 3.8) is 0 Å². The largest absolute Gasteiger partial charge is 0.351 e. The molecule has 0 saturated carbocycles. The zero-order valence-electron chi connectivity index (χ0n) is 17.7. The lowest BCUT2D eigenvalue weighted by Gasteiger charge is -2.14. The van der Waals surface area contributed by atoms with Crippen LogP contribution in [0.1, 0.15) is 28.9 Å². The summed E-state index contributed by atoms with van der Waals surface area (Å²) in [5, 5.41) is 6.01. The fourth-order valence-corrected chi connectivity index (χ4v) is 5.00. The van der Waals surface area contributed by atoms with Gasteiger partial charge in [-0.25, -0.2) is 9.37 Å². The number of halogens is 1. The number of thiophene rings is 1. The third kappa shape index (κ3) is 4.59. The van der Waals surface area contributed by atoms with Gasteiger partial charge in [-0.15, -0.1) is 11.3 Å². The molecule has 0 atom stereocenters. The summed E-state index contributed by atoms with van der Waals surface area (Å²) < 4.78 is 13.2. The Bertz CT molecular complexity index is 1220. The molecule has 0 spiro atoms. The van der Waals surface area contributed by atoms with Crippen molar-refractivity contribution >= 4 is 28.3 Å². The Kier molecular flexibility index (Phi) is 6.01. The predicted molar refractivity (Wildman–Crippen MR) is 127 cm³/mol. The number of carbonyl (C=O) groups excluding carboxylic acids is 1. The summed E-state index contributed by atoms with van der Waals surface area (Å²) in [6.45, 7) is 4.13. The first-order chi connectivity index (χ1) is 15.7. The molecule has 2 N–H and O–H groups in total. The number of H-pyrrole nitrogens is 1. The Morgan fingerprint density at radius 3 is 2.72 bits per heavy atom. The van der Waals surface area contributed by atoms with Crippen molar-refractivity contribution in [2.24, 2.45) is 0 Å². The first-order valence-electron chi connectivity index (χ1n) is 11.0. The second kappa shape index (κ2) is 9.22. The lowest BCUT2D eigenvalue weighted by atomic mass is 10.1. The van der Waals surface area contributed by atoms with Gasteiger partial charge in [0.15, 0.2) is 0 Å². The Labute approximate surface area is 190 Å². The minimum atomic E-state index is -0.255. The van der Waals surface area contributed by atoms with Gasteiger partial charge in [-0.3, -0.25) is 4.79 Å². The zero-order chi connectivity index (χ0) is 21.9. The summed E-state index contributed by atoms with van der Waals surface area (Å²) in [6, 6.07) is 12.4. The van der Waals surface area contributed by atoms with E-state index >= 15 is 0 Å². The highest BCUT2D eigenvalue weighted by atomic mass is 32.1. The maximum absolute atomic E-state index is 13.2. The Hall–Kier alpha value is -3.03. The average molecular weight is 449 g/mol. The number of rotatable bonds is 7. The molecule has 164 valence electrons. The highest BCUT2D eigenvalue weighted by Crippen LogP contribution is 2.29. The molecule has 0 bridgehead atoms. The number of aromatic nitrogens is 2. The van der Waals surface area contributed by atoms with Crippen LogP contribution in [0.5, 0.6) is 0 Å². The maximum atomic E-state index is 13.2. The molecule has 1 fully saturated rings. The van der Waals surface area contributed by atoms with Crippen LogP contribution in [0, 0.1) is 5.82 Å². The predicted octanol–water partition coefficient (Wildman–Crippen LogP) is 5.31. The van der Waals surface area contributed by atoms with Crippen LogP contribution in [0.15, 0.2) is 54.0 Å². The van der Waals surface area contributed by atoms with Crippen LogP contribution in [0.2, 0.25) is 0 Å². The van der Waals surface area contributed by atoms with E-state index in [0.29, 0.717) is 11.4 Å². The molecule has 0 aliphatic carbocycles. The van der Waals surface area contributed by atoms with Gasteiger partial charge in [0.25, 0.3) is 5.91 Å². The number of hydrogen-bond donors (Lipinski definition) is 2. The first kappa shape index (κ1) is 20.8. The molecule has 0 unspecified atom stereocenters. The third-order valence-corrected chi connectivity index (χ3v) is 6.85. The van der Waals surface area contributed by atoms with E-state index in [4.69, 9.17) is 0 Å². The van der Waals surface area contributed by atoms with Gasteiger partial charge in [-0.2, -0.15) is 0 Å². The quantitative estimate of drug-likeness (QED) is 0.377. The van der Waals surface area contributed by atoms with Crippen LogP contribution in [0.25, 0.3) is 33.4 Å². The van der Waals surface area contributed by atoms with Crippen molar-refractivity contribution < 1.29 is 9.18 Å². The van der Waals surface area contributed by atoms with Gasteiger partial charge in [0.1, 0.15) is 11.5 Å². The molecule has 32 heavy (non-hydrogen) atoms. The van der Waals surface area contributed by atoms with E-state index in [9.17, 15) is 9.18 Å². The van der Waals surface area contributed by atoms with E-state index in [2.05, 4.69) is 26.3 Å². The van der Waals surface area contributed by atoms with Crippen LogP contribution in [-0.2, 0) is 0 Å². The molecule has 7 heteroatoms. The van der Waals surface area contributed by atoms with Crippen molar-refractivity contribution in [2.75, 3.05) is 26.2 Å². The van der Waals surface area contributed by atoms with E-state index in [0.717, 1.165) is 46.4 Å². The molecular formula is C25H25FN4OS. The van der Waals surface area contributed by atoms with E-state index in [1.165, 1.54) is 49.4 Å². The Morgan fingerprint density at radius 2 is 1.91 bits per heavy atom. The van der Waals surface area contributed by atoms with E-state index in [-0.39, 0.29) is 11.7 Å². The SMILES string of the molecule is O=C(NCCCN1CCCC1)c1cc(-c2cnc3[nH]c(-c4ccc(F)cc4)cc3c2)cs1. The Morgan fingerprint density at radius 1 is 1.09 bits per heavy atom. The number of aromatic amines is 1. The molecule has 5 rings (SSSR count).